The lowest BCUT2D eigenvalue weighted by molar-refractivity contribution is -0.132. The molecule has 2 amide bonds. The minimum absolute atomic E-state index is 0.0291. The quantitative estimate of drug-likeness (QED) is 0.827. The van der Waals surface area contributed by atoms with E-state index in [9.17, 15) is 9.59 Å². The molecule has 0 aliphatic heterocycles. The van der Waals surface area contributed by atoms with Crippen LogP contribution in [-0.4, -0.2) is 29.8 Å². The van der Waals surface area contributed by atoms with Crippen molar-refractivity contribution in [3.05, 3.63) is 70.2 Å². The van der Waals surface area contributed by atoms with E-state index in [2.05, 4.69) is 26.1 Å². The highest BCUT2D eigenvalue weighted by Gasteiger charge is 2.21. The van der Waals surface area contributed by atoms with Crippen molar-refractivity contribution >= 4 is 23.4 Å². The fourth-order valence-corrected chi connectivity index (χ4v) is 2.99. The van der Waals surface area contributed by atoms with Crippen LogP contribution in [0.25, 0.3) is 0 Å². The number of carbonyl (C=O) groups excluding carboxylic acids is 2. The summed E-state index contributed by atoms with van der Waals surface area (Å²) in [5.41, 5.74) is 2.67. The van der Waals surface area contributed by atoms with Crippen molar-refractivity contribution < 1.29 is 9.59 Å². The first-order valence-electron chi connectivity index (χ1n) is 8.99. The predicted octanol–water partition coefficient (Wildman–Crippen LogP) is 4.41. The van der Waals surface area contributed by atoms with Crippen molar-refractivity contribution in [3.63, 3.8) is 0 Å². The molecule has 4 nitrogen and oxygen atoms in total. The predicted molar refractivity (Wildman–Crippen MR) is 110 cm³/mol. The lowest BCUT2D eigenvalue weighted by Gasteiger charge is -2.23. The molecule has 0 aliphatic rings. The summed E-state index contributed by atoms with van der Waals surface area (Å²) in [6.45, 7) is 8.49. The maximum Gasteiger partial charge on any atom is 0.251 e. The monoisotopic (exact) mass is 386 g/mol. The molecule has 0 heterocycles. The highest BCUT2D eigenvalue weighted by molar-refractivity contribution is 6.30. The zero-order valence-electron chi connectivity index (χ0n) is 16.5. The molecule has 0 saturated heterocycles. The number of halogens is 1. The molecule has 1 N–H and O–H groups in total. The maximum atomic E-state index is 12.6. The van der Waals surface area contributed by atoms with Gasteiger partial charge in [0, 0.05) is 24.2 Å². The standard InChI is InChI=1S/C22H27ClN2O2/c1-15(21(27)25(5)14-16-7-6-8-19(23)13-16)24-20(26)17-9-11-18(12-10-17)22(2,3)4/h6-13,15H,14H2,1-5H3,(H,24,26). The van der Waals surface area contributed by atoms with Gasteiger partial charge in [-0.2, -0.15) is 0 Å². The van der Waals surface area contributed by atoms with E-state index in [-0.39, 0.29) is 17.2 Å². The summed E-state index contributed by atoms with van der Waals surface area (Å²) in [4.78, 5) is 26.6. The Morgan fingerprint density at radius 2 is 1.74 bits per heavy atom. The largest absolute Gasteiger partial charge is 0.341 e. The first-order chi connectivity index (χ1) is 12.6. The molecule has 2 aromatic carbocycles. The van der Waals surface area contributed by atoms with Gasteiger partial charge < -0.3 is 10.2 Å². The summed E-state index contributed by atoms with van der Waals surface area (Å²) >= 11 is 5.99. The molecule has 1 unspecified atom stereocenters. The third-order valence-electron chi connectivity index (χ3n) is 4.42. The Bertz CT molecular complexity index is 810. The Hall–Kier alpha value is -2.33. The number of rotatable bonds is 5. The van der Waals surface area contributed by atoms with E-state index in [1.807, 2.05) is 30.3 Å². The third kappa shape index (κ3) is 5.83. The van der Waals surface area contributed by atoms with E-state index in [0.717, 1.165) is 11.1 Å². The summed E-state index contributed by atoms with van der Waals surface area (Å²) < 4.78 is 0. The summed E-state index contributed by atoms with van der Waals surface area (Å²) in [7, 11) is 1.71. The number of nitrogens with one attached hydrogen (secondary N) is 1. The third-order valence-corrected chi connectivity index (χ3v) is 4.65. The molecule has 0 saturated carbocycles. The Kier molecular flexibility index (Phi) is 6.66. The van der Waals surface area contributed by atoms with Crippen molar-refractivity contribution in [1.29, 1.82) is 0 Å². The molecule has 0 aromatic heterocycles. The van der Waals surface area contributed by atoms with Crippen LogP contribution >= 0.6 is 11.6 Å². The van der Waals surface area contributed by atoms with Crippen LogP contribution in [-0.2, 0) is 16.8 Å². The van der Waals surface area contributed by atoms with Gasteiger partial charge in [0.2, 0.25) is 5.91 Å². The second-order valence-corrected chi connectivity index (χ2v) is 8.28. The molecule has 1 atom stereocenters. The second kappa shape index (κ2) is 8.57. The van der Waals surface area contributed by atoms with Crippen LogP contribution < -0.4 is 5.32 Å². The van der Waals surface area contributed by atoms with Gasteiger partial charge in [0.25, 0.3) is 5.91 Å². The molecular formula is C22H27ClN2O2. The lowest BCUT2D eigenvalue weighted by atomic mass is 9.86. The zero-order valence-corrected chi connectivity index (χ0v) is 17.3. The van der Waals surface area contributed by atoms with Gasteiger partial charge in [0.15, 0.2) is 0 Å². The Morgan fingerprint density at radius 3 is 2.30 bits per heavy atom. The van der Waals surface area contributed by atoms with Gasteiger partial charge in [-0.15, -0.1) is 0 Å². The molecule has 144 valence electrons. The maximum absolute atomic E-state index is 12.6. The zero-order chi connectivity index (χ0) is 20.2. The minimum Gasteiger partial charge on any atom is -0.341 e. The molecule has 0 radical (unpaired) electrons. The van der Waals surface area contributed by atoms with Gasteiger partial charge in [-0.1, -0.05) is 56.6 Å². The number of hydrogen-bond donors (Lipinski definition) is 1. The van der Waals surface area contributed by atoms with Crippen molar-refractivity contribution in [2.45, 2.75) is 45.7 Å². The van der Waals surface area contributed by atoms with Crippen LogP contribution in [0.1, 0.15) is 49.2 Å². The molecule has 27 heavy (non-hydrogen) atoms. The number of amides is 2. The number of nitrogens with zero attached hydrogens (tertiary/aromatic N) is 1. The molecule has 0 bridgehead atoms. The van der Waals surface area contributed by atoms with Crippen LogP contribution in [0.15, 0.2) is 48.5 Å². The van der Waals surface area contributed by atoms with E-state index < -0.39 is 6.04 Å². The Labute approximate surface area is 166 Å². The average Bonchev–Trinajstić information content (AvgIpc) is 2.60. The molecule has 0 spiro atoms. The fraction of sp³-hybridized carbons (Fsp3) is 0.364. The van der Waals surface area contributed by atoms with Crippen LogP contribution in [0.5, 0.6) is 0 Å². The topological polar surface area (TPSA) is 49.4 Å². The smallest absolute Gasteiger partial charge is 0.251 e. The van der Waals surface area contributed by atoms with Crippen LogP contribution in [0.4, 0.5) is 0 Å². The molecule has 2 aromatic rings. The minimum atomic E-state index is -0.621. The van der Waals surface area contributed by atoms with Gasteiger partial charge >= 0.3 is 0 Å². The van der Waals surface area contributed by atoms with Gasteiger partial charge in [0.1, 0.15) is 6.04 Å². The van der Waals surface area contributed by atoms with E-state index in [0.29, 0.717) is 17.1 Å². The van der Waals surface area contributed by atoms with Gasteiger partial charge in [-0.3, -0.25) is 9.59 Å². The average molecular weight is 387 g/mol. The summed E-state index contributed by atoms with van der Waals surface area (Å²) in [5, 5.41) is 3.41. The number of likely N-dealkylation sites (N-methyl/N-ethyl adjacent to an activating group) is 1. The van der Waals surface area contributed by atoms with Gasteiger partial charge in [-0.05, 0) is 47.7 Å². The second-order valence-electron chi connectivity index (χ2n) is 7.85. The van der Waals surface area contributed by atoms with Gasteiger partial charge in [0.05, 0.1) is 0 Å². The van der Waals surface area contributed by atoms with Crippen LogP contribution in [0.3, 0.4) is 0 Å². The van der Waals surface area contributed by atoms with Crippen molar-refractivity contribution in [1.82, 2.24) is 10.2 Å². The Morgan fingerprint density at radius 1 is 1.11 bits per heavy atom. The van der Waals surface area contributed by atoms with Gasteiger partial charge in [-0.25, -0.2) is 0 Å². The van der Waals surface area contributed by atoms with Crippen molar-refractivity contribution in [3.8, 4) is 0 Å². The van der Waals surface area contributed by atoms with E-state index in [1.165, 1.54) is 0 Å². The first-order valence-corrected chi connectivity index (χ1v) is 9.36. The van der Waals surface area contributed by atoms with E-state index in [4.69, 9.17) is 11.6 Å². The van der Waals surface area contributed by atoms with Crippen molar-refractivity contribution in [2.75, 3.05) is 7.05 Å². The number of hydrogen-bond acceptors (Lipinski definition) is 2. The normalized spacial score (nSPS) is 12.4. The summed E-state index contributed by atoms with van der Waals surface area (Å²) in [6, 6.07) is 14.2. The van der Waals surface area contributed by atoms with E-state index >= 15 is 0 Å². The van der Waals surface area contributed by atoms with E-state index in [1.54, 1.807) is 37.1 Å². The van der Waals surface area contributed by atoms with Crippen molar-refractivity contribution in [2.24, 2.45) is 0 Å². The van der Waals surface area contributed by atoms with Crippen LogP contribution in [0, 0.1) is 0 Å². The highest BCUT2D eigenvalue weighted by Crippen LogP contribution is 2.22. The molecule has 5 heteroatoms. The van der Waals surface area contributed by atoms with Crippen LogP contribution in [0.2, 0.25) is 5.02 Å². The summed E-state index contributed by atoms with van der Waals surface area (Å²) in [6.07, 6.45) is 0. The molecular weight excluding hydrogens is 360 g/mol. The lowest BCUT2D eigenvalue weighted by Crippen LogP contribution is -2.45. The number of carbonyl (C=O) groups is 2. The first kappa shape index (κ1) is 21.0. The summed E-state index contributed by atoms with van der Waals surface area (Å²) in [5.74, 6) is -0.415. The fourth-order valence-electron chi connectivity index (χ4n) is 2.78. The SMILES string of the molecule is CC(NC(=O)c1ccc(C(C)(C)C)cc1)C(=O)N(C)Cc1cccc(Cl)c1. The highest BCUT2D eigenvalue weighted by atomic mass is 35.5. The molecule has 0 aliphatic carbocycles. The molecule has 0 fully saturated rings. The molecule has 2 rings (SSSR count). The Balaban J connectivity index is 1.97. The number of benzene rings is 2.